The van der Waals surface area contributed by atoms with E-state index in [4.69, 9.17) is 9.72 Å². The minimum absolute atomic E-state index is 0.0449. The average Bonchev–Trinajstić information content (AvgIpc) is 3.32. The van der Waals surface area contributed by atoms with Crippen molar-refractivity contribution in [1.29, 1.82) is 0 Å². The topological polar surface area (TPSA) is 83.6 Å². The van der Waals surface area contributed by atoms with Crippen molar-refractivity contribution in [3.05, 3.63) is 52.7 Å². The first-order chi connectivity index (χ1) is 17.0. The molecule has 188 valence electrons. The average molecular weight is 479 g/mol. The number of aromatic nitrogens is 1. The molecule has 1 aromatic heterocycles. The summed E-state index contributed by atoms with van der Waals surface area (Å²) in [6.45, 7) is 7.13. The molecule has 4 rings (SSSR count). The van der Waals surface area contributed by atoms with Gasteiger partial charge in [-0.3, -0.25) is 9.59 Å². The maximum atomic E-state index is 12.2. The number of nitrogens with one attached hydrogen (secondary N) is 2. The van der Waals surface area contributed by atoms with Crippen LogP contribution in [-0.2, 0) is 28.9 Å². The Labute approximate surface area is 208 Å². The number of ether oxygens (including phenoxy) is 1. The Balaban J connectivity index is 1.24. The largest absolute Gasteiger partial charge is 0.493 e. The maximum absolute atomic E-state index is 12.2. The number of ketones is 1. The molecule has 0 saturated heterocycles. The monoisotopic (exact) mass is 478 g/mol. The van der Waals surface area contributed by atoms with Crippen LogP contribution < -0.4 is 15.4 Å². The molecule has 0 spiro atoms. The smallest absolute Gasteiger partial charge is 0.219 e. The van der Waals surface area contributed by atoms with Crippen LogP contribution in [0.4, 0.5) is 5.82 Å². The highest BCUT2D eigenvalue weighted by molar-refractivity contribution is 5.76. The first-order valence-electron chi connectivity index (χ1n) is 13.0. The minimum atomic E-state index is -0.0449. The molecule has 1 atom stereocenters. The van der Waals surface area contributed by atoms with Crippen molar-refractivity contribution in [1.82, 2.24) is 15.2 Å². The number of benzene rings is 1. The van der Waals surface area contributed by atoms with Crippen LogP contribution in [0.2, 0.25) is 0 Å². The van der Waals surface area contributed by atoms with E-state index in [1.165, 1.54) is 11.1 Å². The summed E-state index contributed by atoms with van der Waals surface area (Å²) in [7, 11) is 0. The highest BCUT2D eigenvalue weighted by atomic mass is 16.5. The van der Waals surface area contributed by atoms with Crippen molar-refractivity contribution in [3.8, 4) is 5.75 Å². The molecule has 0 aliphatic carbocycles. The Morgan fingerprint density at radius 2 is 1.94 bits per heavy atom. The molecule has 0 bridgehead atoms. The lowest BCUT2D eigenvalue weighted by Gasteiger charge is -2.23. The molecule has 2 N–H and O–H groups in total. The third-order valence-corrected chi connectivity index (χ3v) is 6.87. The van der Waals surface area contributed by atoms with Crippen LogP contribution in [0.5, 0.6) is 5.75 Å². The SMILES string of the molecule is CC(=O)CC(NCCCN(CCCc1ccc2c(n1)NCCC2)C(C)=O)c1ccc2c(c1)OCC2. The zero-order valence-corrected chi connectivity index (χ0v) is 21.1. The van der Waals surface area contributed by atoms with Crippen molar-refractivity contribution in [2.24, 2.45) is 0 Å². The zero-order chi connectivity index (χ0) is 24.6. The van der Waals surface area contributed by atoms with Crippen LogP contribution in [0, 0.1) is 0 Å². The number of Topliss-reactive ketones (excluding diaryl/α,β-unsaturated/α-hetero) is 1. The molecule has 1 unspecified atom stereocenters. The van der Waals surface area contributed by atoms with E-state index in [0.717, 1.165) is 87.6 Å². The van der Waals surface area contributed by atoms with Gasteiger partial charge in [-0.05, 0) is 74.4 Å². The second-order valence-corrected chi connectivity index (χ2v) is 9.68. The number of hydrogen-bond donors (Lipinski definition) is 2. The van der Waals surface area contributed by atoms with E-state index in [1.807, 2.05) is 4.90 Å². The summed E-state index contributed by atoms with van der Waals surface area (Å²) in [6.07, 6.45) is 6.22. The van der Waals surface area contributed by atoms with Crippen molar-refractivity contribution in [3.63, 3.8) is 0 Å². The van der Waals surface area contributed by atoms with Crippen LogP contribution in [0.3, 0.4) is 0 Å². The van der Waals surface area contributed by atoms with Crippen molar-refractivity contribution in [2.75, 3.05) is 38.1 Å². The predicted molar refractivity (Wildman–Crippen MR) is 138 cm³/mol. The van der Waals surface area contributed by atoms with E-state index in [-0.39, 0.29) is 17.7 Å². The number of carbonyl (C=O) groups is 2. The normalized spacial score (nSPS) is 14.9. The van der Waals surface area contributed by atoms with Gasteiger partial charge in [0.05, 0.1) is 6.61 Å². The Bertz CT molecular complexity index is 1040. The number of amides is 1. The fourth-order valence-corrected chi connectivity index (χ4v) is 4.93. The molecule has 7 nitrogen and oxygen atoms in total. The summed E-state index contributed by atoms with van der Waals surface area (Å²) in [5.41, 5.74) is 4.69. The molecule has 1 amide bonds. The van der Waals surface area contributed by atoms with Gasteiger partial charge in [-0.25, -0.2) is 4.98 Å². The van der Waals surface area contributed by atoms with Gasteiger partial charge < -0.3 is 20.3 Å². The summed E-state index contributed by atoms with van der Waals surface area (Å²) in [5.74, 6) is 2.21. The quantitative estimate of drug-likeness (QED) is 0.451. The molecule has 0 saturated carbocycles. The van der Waals surface area contributed by atoms with E-state index < -0.39 is 0 Å². The van der Waals surface area contributed by atoms with Crippen molar-refractivity contribution < 1.29 is 14.3 Å². The molecule has 3 heterocycles. The van der Waals surface area contributed by atoms with E-state index in [2.05, 4.69) is 41.0 Å². The van der Waals surface area contributed by atoms with Crippen LogP contribution in [0.25, 0.3) is 0 Å². The Morgan fingerprint density at radius 1 is 1.11 bits per heavy atom. The fraction of sp³-hybridized carbons (Fsp3) is 0.536. The summed E-state index contributed by atoms with van der Waals surface area (Å²) in [5, 5.41) is 6.92. The second kappa shape index (κ2) is 12.2. The maximum Gasteiger partial charge on any atom is 0.219 e. The summed E-state index contributed by atoms with van der Waals surface area (Å²) < 4.78 is 5.71. The molecular weight excluding hydrogens is 440 g/mol. The van der Waals surface area contributed by atoms with Gasteiger partial charge >= 0.3 is 0 Å². The van der Waals surface area contributed by atoms with E-state index in [9.17, 15) is 9.59 Å². The summed E-state index contributed by atoms with van der Waals surface area (Å²) in [4.78, 5) is 30.8. The van der Waals surface area contributed by atoms with Crippen molar-refractivity contribution in [2.45, 2.75) is 64.8 Å². The predicted octanol–water partition coefficient (Wildman–Crippen LogP) is 3.86. The molecule has 35 heavy (non-hydrogen) atoms. The van der Waals surface area contributed by atoms with Gasteiger partial charge in [-0.2, -0.15) is 0 Å². The fourth-order valence-electron chi connectivity index (χ4n) is 4.93. The Morgan fingerprint density at radius 3 is 2.77 bits per heavy atom. The third kappa shape index (κ3) is 7.04. The Kier molecular flexibility index (Phi) is 8.74. The van der Waals surface area contributed by atoms with Crippen molar-refractivity contribution >= 4 is 17.5 Å². The van der Waals surface area contributed by atoms with Crippen LogP contribution in [0.15, 0.2) is 30.3 Å². The number of carbonyl (C=O) groups excluding carboxylic acids is 2. The van der Waals surface area contributed by atoms with E-state index >= 15 is 0 Å². The van der Waals surface area contributed by atoms with Gasteiger partial charge in [-0.1, -0.05) is 18.2 Å². The summed E-state index contributed by atoms with van der Waals surface area (Å²) >= 11 is 0. The number of hydrogen-bond acceptors (Lipinski definition) is 6. The highest BCUT2D eigenvalue weighted by Gasteiger charge is 2.18. The molecule has 1 aromatic carbocycles. The van der Waals surface area contributed by atoms with Gasteiger partial charge in [0.15, 0.2) is 0 Å². The van der Waals surface area contributed by atoms with E-state index in [1.54, 1.807) is 13.8 Å². The third-order valence-electron chi connectivity index (χ3n) is 6.87. The first kappa shape index (κ1) is 25.2. The molecule has 0 radical (unpaired) electrons. The Hall–Kier alpha value is -2.93. The number of nitrogens with zero attached hydrogens (tertiary/aromatic N) is 2. The number of aryl methyl sites for hydroxylation is 2. The molecule has 7 heteroatoms. The number of rotatable bonds is 12. The molecule has 0 fully saturated rings. The zero-order valence-electron chi connectivity index (χ0n) is 21.1. The lowest BCUT2D eigenvalue weighted by molar-refractivity contribution is -0.129. The minimum Gasteiger partial charge on any atom is -0.493 e. The number of pyridine rings is 1. The van der Waals surface area contributed by atoms with Gasteiger partial charge in [0, 0.05) is 51.1 Å². The molecule has 2 aliphatic heterocycles. The lowest BCUT2D eigenvalue weighted by atomic mass is 9.99. The van der Waals surface area contributed by atoms with Gasteiger partial charge in [0.1, 0.15) is 17.4 Å². The van der Waals surface area contributed by atoms with Gasteiger partial charge in [-0.15, -0.1) is 0 Å². The van der Waals surface area contributed by atoms with Crippen LogP contribution >= 0.6 is 0 Å². The van der Waals surface area contributed by atoms with Crippen LogP contribution in [0.1, 0.15) is 68.0 Å². The summed E-state index contributed by atoms with van der Waals surface area (Å²) in [6, 6.07) is 10.5. The van der Waals surface area contributed by atoms with Gasteiger partial charge in [0.2, 0.25) is 5.91 Å². The molecule has 2 aromatic rings. The standard InChI is InChI=1S/C28H38N4O3/c1-20(33)18-26(24-9-8-22-12-17-35-27(22)19-24)29-14-5-16-32(21(2)34)15-4-7-25-11-10-23-6-3-13-30-28(23)31-25/h8-11,19,26,29H,3-7,12-18H2,1-2H3,(H,30,31). The second-order valence-electron chi connectivity index (χ2n) is 9.68. The molecule has 2 aliphatic rings. The lowest BCUT2D eigenvalue weighted by Crippen LogP contribution is -2.33. The first-order valence-corrected chi connectivity index (χ1v) is 13.0. The number of fused-ring (bicyclic) bond motifs is 2. The highest BCUT2D eigenvalue weighted by Crippen LogP contribution is 2.29. The van der Waals surface area contributed by atoms with Crippen LogP contribution in [-0.4, -0.2) is 54.4 Å². The number of anilines is 1. The molecular formula is C28H38N4O3. The van der Waals surface area contributed by atoms with E-state index in [0.29, 0.717) is 13.0 Å². The van der Waals surface area contributed by atoms with Gasteiger partial charge in [0.25, 0.3) is 0 Å².